The summed E-state index contributed by atoms with van der Waals surface area (Å²) >= 11 is 0. The number of nitrogens with one attached hydrogen (secondary N) is 2. The third kappa shape index (κ3) is 5.16. The number of carbonyl (C=O) groups excluding carboxylic acids is 3. The molecule has 6 heteroatoms. The Labute approximate surface area is 106 Å². The molecule has 1 saturated carbocycles. The maximum atomic E-state index is 11.6. The van der Waals surface area contributed by atoms with Crippen LogP contribution in [0.5, 0.6) is 0 Å². The van der Waals surface area contributed by atoms with Crippen molar-refractivity contribution in [2.45, 2.75) is 32.1 Å². The van der Waals surface area contributed by atoms with Gasteiger partial charge in [0, 0.05) is 7.05 Å². The van der Waals surface area contributed by atoms with Gasteiger partial charge in [-0.3, -0.25) is 14.4 Å². The summed E-state index contributed by atoms with van der Waals surface area (Å²) in [7, 11) is 1.48. The average Bonchev–Trinajstić information content (AvgIpc) is 2.42. The standard InChI is InChI=1S/C12H20N2O4/c1-13-10(15)7-14-11(16)8-18-12(17)9-5-3-2-4-6-9/h9H,2-8H2,1H3,(H,13,15)(H,14,16). The highest BCUT2D eigenvalue weighted by Crippen LogP contribution is 2.24. The van der Waals surface area contributed by atoms with Crippen molar-refractivity contribution in [1.29, 1.82) is 0 Å². The summed E-state index contributed by atoms with van der Waals surface area (Å²) < 4.78 is 4.93. The molecule has 2 N–H and O–H groups in total. The van der Waals surface area contributed by atoms with Crippen molar-refractivity contribution < 1.29 is 19.1 Å². The van der Waals surface area contributed by atoms with Crippen LogP contribution in [0, 0.1) is 5.92 Å². The fourth-order valence-corrected chi connectivity index (χ4v) is 1.91. The number of amides is 2. The number of ether oxygens (including phenoxy) is 1. The highest BCUT2D eigenvalue weighted by molar-refractivity contribution is 5.86. The Hall–Kier alpha value is -1.59. The van der Waals surface area contributed by atoms with Crippen molar-refractivity contribution in [3.63, 3.8) is 0 Å². The van der Waals surface area contributed by atoms with E-state index in [0.29, 0.717) is 0 Å². The van der Waals surface area contributed by atoms with E-state index in [9.17, 15) is 14.4 Å². The van der Waals surface area contributed by atoms with Crippen molar-refractivity contribution in [2.24, 2.45) is 5.92 Å². The topological polar surface area (TPSA) is 84.5 Å². The zero-order chi connectivity index (χ0) is 13.4. The summed E-state index contributed by atoms with van der Waals surface area (Å²) in [4.78, 5) is 33.8. The van der Waals surface area contributed by atoms with Crippen LogP contribution in [0.3, 0.4) is 0 Å². The molecule has 0 aromatic rings. The summed E-state index contributed by atoms with van der Waals surface area (Å²) in [6.45, 7) is -0.414. The van der Waals surface area contributed by atoms with Gasteiger partial charge in [0.15, 0.2) is 6.61 Å². The third-order valence-corrected chi connectivity index (χ3v) is 3.01. The van der Waals surface area contributed by atoms with Crippen LogP contribution in [0.4, 0.5) is 0 Å². The van der Waals surface area contributed by atoms with Crippen LogP contribution in [0.15, 0.2) is 0 Å². The summed E-state index contributed by atoms with van der Waals surface area (Å²) in [5.74, 6) is -1.11. The number of esters is 1. The van der Waals surface area contributed by atoms with Crippen molar-refractivity contribution in [3.05, 3.63) is 0 Å². The predicted octanol–water partition coefficient (Wildman–Crippen LogP) is -0.0279. The van der Waals surface area contributed by atoms with Crippen LogP contribution in [0.1, 0.15) is 32.1 Å². The van der Waals surface area contributed by atoms with Gasteiger partial charge in [-0.2, -0.15) is 0 Å². The van der Waals surface area contributed by atoms with Crippen molar-refractivity contribution in [3.8, 4) is 0 Å². The molecule has 0 heterocycles. The Kier molecular flexibility index (Phi) is 6.18. The van der Waals surface area contributed by atoms with Gasteiger partial charge in [-0.25, -0.2) is 0 Å². The van der Waals surface area contributed by atoms with Crippen LogP contribution in [0.25, 0.3) is 0 Å². The molecule has 0 unspecified atom stereocenters. The molecule has 0 aromatic heterocycles. The highest BCUT2D eigenvalue weighted by Gasteiger charge is 2.22. The first kappa shape index (κ1) is 14.5. The first-order valence-corrected chi connectivity index (χ1v) is 6.27. The fourth-order valence-electron chi connectivity index (χ4n) is 1.91. The Morgan fingerprint density at radius 3 is 2.39 bits per heavy atom. The maximum Gasteiger partial charge on any atom is 0.309 e. The molecule has 102 valence electrons. The van der Waals surface area contributed by atoms with Gasteiger partial charge in [0.25, 0.3) is 5.91 Å². The molecular weight excluding hydrogens is 236 g/mol. The summed E-state index contributed by atoms with van der Waals surface area (Å²) in [5.41, 5.74) is 0. The lowest BCUT2D eigenvalue weighted by Gasteiger charge is -2.19. The number of hydrogen-bond donors (Lipinski definition) is 2. The highest BCUT2D eigenvalue weighted by atomic mass is 16.5. The van der Waals surface area contributed by atoms with E-state index < -0.39 is 5.91 Å². The van der Waals surface area contributed by atoms with Gasteiger partial charge < -0.3 is 15.4 Å². The second-order valence-electron chi connectivity index (χ2n) is 4.39. The van der Waals surface area contributed by atoms with Gasteiger partial charge in [-0.05, 0) is 12.8 Å². The molecule has 6 nitrogen and oxygen atoms in total. The second kappa shape index (κ2) is 7.68. The summed E-state index contributed by atoms with van der Waals surface area (Å²) in [6.07, 6.45) is 4.94. The van der Waals surface area contributed by atoms with Gasteiger partial charge in [0.1, 0.15) is 0 Å². The van der Waals surface area contributed by atoms with Crippen LogP contribution in [-0.4, -0.2) is 38.0 Å². The maximum absolute atomic E-state index is 11.6. The van der Waals surface area contributed by atoms with Gasteiger partial charge in [0.05, 0.1) is 12.5 Å². The molecule has 1 aliphatic rings. The largest absolute Gasteiger partial charge is 0.455 e. The van der Waals surface area contributed by atoms with Crippen molar-refractivity contribution in [2.75, 3.05) is 20.2 Å². The van der Waals surface area contributed by atoms with E-state index in [4.69, 9.17) is 4.74 Å². The molecule has 0 bridgehead atoms. The Morgan fingerprint density at radius 2 is 1.78 bits per heavy atom. The van der Waals surface area contributed by atoms with Gasteiger partial charge in [-0.15, -0.1) is 0 Å². The number of likely N-dealkylation sites (N-methyl/N-ethyl adjacent to an activating group) is 1. The average molecular weight is 256 g/mol. The number of carbonyl (C=O) groups is 3. The van der Waals surface area contributed by atoms with E-state index in [1.165, 1.54) is 7.05 Å². The molecule has 1 aliphatic carbocycles. The van der Waals surface area contributed by atoms with Crippen LogP contribution in [-0.2, 0) is 19.1 Å². The lowest BCUT2D eigenvalue weighted by molar-refractivity contribution is -0.153. The third-order valence-electron chi connectivity index (χ3n) is 3.01. The van der Waals surface area contributed by atoms with Gasteiger partial charge in [0.2, 0.25) is 5.91 Å². The van der Waals surface area contributed by atoms with E-state index in [1.54, 1.807) is 0 Å². The van der Waals surface area contributed by atoms with E-state index >= 15 is 0 Å². The number of rotatable bonds is 5. The van der Waals surface area contributed by atoms with Crippen LogP contribution < -0.4 is 10.6 Å². The quantitative estimate of drug-likeness (QED) is 0.677. The zero-order valence-electron chi connectivity index (χ0n) is 10.7. The Bertz CT molecular complexity index is 311. The molecule has 0 spiro atoms. The van der Waals surface area contributed by atoms with E-state index in [0.717, 1.165) is 32.1 Å². The van der Waals surface area contributed by atoms with Crippen molar-refractivity contribution >= 4 is 17.8 Å². The monoisotopic (exact) mass is 256 g/mol. The van der Waals surface area contributed by atoms with Gasteiger partial charge in [-0.1, -0.05) is 19.3 Å². The van der Waals surface area contributed by atoms with E-state index in [1.807, 2.05) is 0 Å². The molecule has 1 fully saturated rings. The molecule has 2 amide bonds. The predicted molar refractivity (Wildman–Crippen MR) is 64.6 cm³/mol. The molecule has 0 aromatic carbocycles. The zero-order valence-corrected chi connectivity index (χ0v) is 10.7. The second-order valence-corrected chi connectivity index (χ2v) is 4.39. The first-order valence-electron chi connectivity index (χ1n) is 6.27. The van der Waals surface area contributed by atoms with E-state index in [-0.39, 0.29) is 30.9 Å². The summed E-state index contributed by atoms with van der Waals surface area (Å²) in [6, 6.07) is 0. The molecule has 0 aliphatic heterocycles. The lowest BCUT2D eigenvalue weighted by atomic mass is 9.89. The minimum atomic E-state index is -0.456. The Balaban J connectivity index is 2.17. The summed E-state index contributed by atoms with van der Waals surface area (Å²) in [5, 5.41) is 4.74. The normalized spacial score (nSPS) is 15.8. The molecule has 0 saturated heterocycles. The van der Waals surface area contributed by atoms with Crippen LogP contribution in [0.2, 0.25) is 0 Å². The fraction of sp³-hybridized carbons (Fsp3) is 0.750. The SMILES string of the molecule is CNC(=O)CNC(=O)COC(=O)C1CCCCC1. The smallest absolute Gasteiger partial charge is 0.309 e. The lowest BCUT2D eigenvalue weighted by Crippen LogP contribution is -2.37. The molecule has 1 rings (SSSR count). The van der Waals surface area contributed by atoms with Crippen molar-refractivity contribution in [1.82, 2.24) is 10.6 Å². The van der Waals surface area contributed by atoms with Gasteiger partial charge >= 0.3 is 5.97 Å². The minimum Gasteiger partial charge on any atom is -0.455 e. The van der Waals surface area contributed by atoms with Crippen LogP contribution >= 0.6 is 0 Å². The Morgan fingerprint density at radius 1 is 1.11 bits per heavy atom. The molecule has 0 radical (unpaired) electrons. The molecule has 0 atom stereocenters. The van der Waals surface area contributed by atoms with E-state index in [2.05, 4.69) is 10.6 Å². The first-order chi connectivity index (χ1) is 8.63. The number of hydrogen-bond acceptors (Lipinski definition) is 4. The molecular formula is C12H20N2O4. The molecule has 18 heavy (non-hydrogen) atoms. The minimum absolute atomic E-state index is 0.0644.